The molecule has 0 saturated carbocycles. The Hall–Kier alpha value is -2.77. The van der Waals surface area contributed by atoms with Crippen LogP contribution < -0.4 is 5.32 Å². The number of hydrogen-bond donors (Lipinski definition) is 2. The Balaban J connectivity index is 3.54. The Kier molecular flexibility index (Phi) is 10.0. The highest BCUT2D eigenvalue weighted by Crippen LogP contribution is 2.34. The first-order valence-electron chi connectivity index (χ1n) is 9.60. The van der Waals surface area contributed by atoms with Gasteiger partial charge in [-0.25, -0.2) is 4.79 Å². The van der Waals surface area contributed by atoms with E-state index < -0.39 is 79.1 Å². The van der Waals surface area contributed by atoms with E-state index in [1.54, 1.807) is 0 Å². The number of amides is 1. The smallest absolute Gasteiger partial charge is 0.366 e. The van der Waals surface area contributed by atoms with Crippen molar-refractivity contribution in [1.82, 2.24) is 5.32 Å². The van der Waals surface area contributed by atoms with E-state index in [0.717, 1.165) is 27.9 Å². The molecule has 13 nitrogen and oxygen atoms in total. The topological polar surface area (TPSA) is 173 Å². The van der Waals surface area contributed by atoms with Crippen LogP contribution in [0.2, 0.25) is 0 Å². The summed E-state index contributed by atoms with van der Waals surface area (Å²) in [5.41, 5.74) is 0. The van der Waals surface area contributed by atoms with E-state index in [2.05, 4.69) is 10.1 Å². The molecule has 0 bridgehead atoms. The van der Waals surface area contributed by atoms with Gasteiger partial charge in [0.05, 0.1) is 19.6 Å². The zero-order chi connectivity index (χ0) is 24.6. The second-order valence-electron chi connectivity index (χ2n) is 7.09. The molecule has 1 aliphatic heterocycles. The lowest BCUT2D eigenvalue weighted by Gasteiger charge is -2.47. The number of carbonyl (C=O) groups excluding carboxylic acids is 5. The van der Waals surface area contributed by atoms with Crippen molar-refractivity contribution in [2.24, 2.45) is 0 Å². The maximum atomic E-state index is 12.3. The molecule has 1 aliphatic rings. The van der Waals surface area contributed by atoms with Crippen LogP contribution in [0.5, 0.6) is 0 Å². The van der Waals surface area contributed by atoms with Crippen LogP contribution in [-0.4, -0.2) is 92.0 Å². The van der Waals surface area contributed by atoms with E-state index in [4.69, 9.17) is 23.7 Å². The monoisotopic (exact) mass is 463 g/mol. The number of esters is 4. The fourth-order valence-corrected chi connectivity index (χ4v) is 3.30. The maximum absolute atomic E-state index is 12.3. The Bertz CT molecular complexity index is 725. The van der Waals surface area contributed by atoms with Gasteiger partial charge < -0.3 is 38.8 Å². The number of nitrogens with one attached hydrogen (secondary N) is 1. The lowest BCUT2D eigenvalue weighted by Crippen LogP contribution is -2.68. The number of hydrogen-bond acceptors (Lipinski definition) is 12. The average molecular weight is 463 g/mol. The minimum absolute atomic E-state index is 0.398. The third-order valence-corrected chi connectivity index (χ3v) is 4.50. The average Bonchev–Trinajstić information content (AvgIpc) is 2.67. The Morgan fingerprint density at radius 1 is 1.06 bits per heavy atom. The molecule has 1 saturated heterocycles. The van der Waals surface area contributed by atoms with E-state index >= 15 is 0 Å². The fourth-order valence-electron chi connectivity index (χ4n) is 3.30. The summed E-state index contributed by atoms with van der Waals surface area (Å²) in [7, 11) is 2.23. The van der Waals surface area contributed by atoms with Gasteiger partial charge in [0.25, 0.3) is 5.79 Å². The molecule has 1 fully saturated rings. The molecule has 0 unspecified atom stereocenters. The normalized spacial score (nSPS) is 26.8. The summed E-state index contributed by atoms with van der Waals surface area (Å²) in [6, 6.07) is -1.19. The molecular weight excluding hydrogens is 434 g/mol. The number of ether oxygens (including phenoxy) is 6. The van der Waals surface area contributed by atoms with E-state index in [1.165, 1.54) is 14.0 Å². The van der Waals surface area contributed by atoms with Crippen molar-refractivity contribution in [3.63, 3.8) is 0 Å². The first-order chi connectivity index (χ1) is 14.8. The van der Waals surface area contributed by atoms with Crippen molar-refractivity contribution >= 4 is 29.8 Å². The highest BCUT2D eigenvalue weighted by Gasteiger charge is 2.57. The minimum atomic E-state index is -2.62. The summed E-state index contributed by atoms with van der Waals surface area (Å²) >= 11 is 0. The Morgan fingerprint density at radius 2 is 1.69 bits per heavy atom. The van der Waals surface area contributed by atoms with Crippen molar-refractivity contribution in [2.75, 3.05) is 20.8 Å². The summed E-state index contributed by atoms with van der Waals surface area (Å²) in [5.74, 6) is -6.63. The standard InChI is InChI=1S/C19H29NO12/c1-9(21)20-15-13(30-11(3)23)7-19(26,18(25)28-6)32-17(15)16(31-12(4)24)14(27-5)8-29-10(2)22/h13-17,26H,7-8H2,1-6H3,(H,20,21)/t13-,14+,15+,16+,17+,19-/m0/s1. The van der Waals surface area contributed by atoms with Gasteiger partial charge in [-0.15, -0.1) is 0 Å². The van der Waals surface area contributed by atoms with Crippen molar-refractivity contribution in [3.05, 3.63) is 0 Å². The van der Waals surface area contributed by atoms with Crippen LogP contribution in [0.25, 0.3) is 0 Å². The Labute approximate surface area is 184 Å². The molecule has 2 N–H and O–H groups in total. The van der Waals surface area contributed by atoms with Crippen LogP contribution in [0.4, 0.5) is 0 Å². The minimum Gasteiger partial charge on any atom is -0.465 e. The summed E-state index contributed by atoms with van der Waals surface area (Å²) in [6.07, 6.45) is -5.95. The molecule has 6 atom stereocenters. The maximum Gasteiger partial charge on any atom is 0.366 e. The van der Waals surface area contributed by atoms with Gasteiger partial charge in [-0.2, -0.15) is 0 Å². The van der Waals surface area contributed by atoms with Crippen LogP contribution >= 0.6 is 0 Å². The second-order valence-corrected chi connectivity index (χ2v) is 7.09. The number of aliphatic hydroxyl groups is 1. The van der Waals surface area contributed by atoms with E-state index in [0.29, 0.717) is 0 Å². The number of carbonyl (C=O) groups is 5. The molecule has 0 spiro atoms. The summed E-state index contributed by atoms with van der Waals surface area (Å²) in [6.45, 7) is 4.10. The van der Waals surface area contributed by atoms with Crippen LogP contribution in [-0.2, 0) is 52.4 Å². The molecular formula is C19H29NO12. The summed E-state index contributed by atoms with van der Waals surface area (Å²) in [5, 5.41) is 13.4. The number of rotatable bonds is 9. The predicted octanol–water partition coefficient (Wildman–Crippen LogP) is -1.42. The third-order valence-electron chi connectivity index (χ3n) is 4.50. The molecule has 13 heteroatoms. The first kappa shape index (κ1) is 27.3. The van der Waals surface area contributed by atoms with Crippen LogP contribution in [0, 0.1) is 0 Å². The van der Waals surface area contributed by atoms with Gasteiger partial charge >= 0.3 is 23.9 Å². The lowest BCUT2D eigenvalue weighted by atomic mass is 9.88. The van der Waals surface area contributed by atoms with Gasteiger partial charge in [0, 0.05) is 34.8 Å². The van der Waals surface area contributed by atoms with Gasteiger partial charge in [0.15, 0.2) is 6.10 Å². The highest BCUT2D eigenvalue weighted by molar-refractivity contribution is 5.78. The Morgan fingerprint density at radius 3 is 2.12 bits per heavy atom. The quantitative estimate of drug-likeness (QED) is 0.302. The summed E-state index contributed by atoms with van der Waals surface area (Å²) < 4.78 is 30.9. The molecule has 1 heterocycles. The SMILES string of the molecule is COC(=O)[C@]1(O)C[C@H](OC(C)=O)[C@@H](NC(C)=O)[C@H]([C@H](OC(C)=O)[C@@H](COC(C)=O)OC)O1. The zero-order valence-electron chi connectivity index (χ0n) is 18.7. The molecule has 0 radical (unpaired) electrons. The van der Waals surface area contributed by atoms with Crippen molar-refractivity contribution in [1.29, 1.82) is 0 Å². The predicted molar refractivity (Wildman–Crippen MR) is 103 cm³/mol. The van der Waals surface area contributed by atoms with E-state index in [9.17, 15) is 29.1 Å². The molecule has 0 aliphatic carbocycles. The molecule has 32 heavy (non-hydrogen) atoms. The molecule has 0 aromatic heterocycles. The van der Waals surface area contributed by atoms with Gasteiger partial charge in [-0.3, -0.25) is 19.2 Å². The molecule has 182 valence electrons. The second kappa shape index (κ2) is 11.7. The third kappa shape index (κ3) is 7.43. The lowest BCUT2D eigenvalue weighted by molar-refractivity contribution is -0.299. The number of methoxy groups -OCH3 is 2. The van der Waals surface area contributed by atoms with Crippen LogP contribution in [0.15, 0.2) is 0 Å². The van der Waals surface area contributed by atoms with Gasteiger partial charge in [0.2, 0.25) is 5.91 Å². The molecule has 0 aromatic rings. The van der Waals surface area contributed by atoms with Gasteiger partial charge in [0.1, 0.15) is 24.9 Å². The zero-order valence-corrected chi connectivity index (χ0v) is 18.7. The first-order valence-corrected chi connectivity index (χ1v) is 9.60. The van der Waals surface area contributed by atoms with E-state index in [1.807, 2.05) is 0 Å². The summed E-state index contributed by atoms with van der Waals surface area (Å²) in [4.78, 5) is 58.9. The van der Waals surface area contributed by atoms with Crippen molar-refractivity contribution in [2.45, 2.75) is 70.4 Å². The van der Waals surface area contributed by atoms with Gasteiger partial charge in [-0.05, 0) is 0 Å². The molecule has 1 rings (SSSR count). The van der Waals surface area contributed by atoms with Crippen molar-refractivity contribution < 1.29 is 57.5 Å². The van der Waals surface area contributed by atoms with E-state index in [-0.39, 0.29) is 0 Å². The fraction of sp³-hybridized carbons (Fsp3) is 0.737. The van der Waals surface area contributed by atoms with Crippen LogP contribution in [0.1, 0.15) is 34.1 Å². The van der Waals surface area contributed by atoms with Crippen LogP contribution in [0.3, 0.4) is 0 Å². The van der Waals surface area contributed by atoms with Gasteiger partial charge in [-0.1, -0.05) is 0 Å². The molecule has 1 amide bonds. The van der Waals surface area contributed by atoms with Crippen molar-refractivity contribution in [3.8, 4) is 0 Å². The highest BCUT2D eigenvalue weighted by atomic mass is 16.7. The largest absolute Gasteiger partial charge is 0.465 e. The molecule has 0 aromatic carbocycles.